The minimum absolute atomic E-state index is 0.131. The van der Waals surface area contributed by atoms with E-state index in [1.165, 1.54) is 0 Å². The maximum Gasteiger partial charge on any atom is 0.408 e. The van der Waals surface area contributed by atoms with Crippen molar-refractivity contribution in [2.24, 2.45) is 0 Å². The molecule has 1 aromatic carbocycles. The van der Waals surface area contributed by atoms with Crippen LogP contribution in [0.1, 0.15) is 26.3 Å². The summed E-state index contributed by atoms with van der Waals surface area (Å²) in [6, 6.07) is 9.33. The van der Waals surface area contributed by atoms with Gasteiger partial charge in [-0.1, -0.05) is 57.2 Å². The fourth-order valence-electron chi connectivity index (χ4n) is 1.60. The first-order valence-corrected chi connectivity index (χ1v) is 10.8. The van der Waals surface area contributed by atoms with Crippen molar-refractivity contribution in [1.82, 2.24) is 5.32 Å². The third kappa shape index (κ3) is 6.58. The second-order valence-electron chi connectivity index (χ2n) is 7.12. The Bertz CT molecular complexity index is 509. The van der Waals surface area contributed by atoms with Gasteiger partial charge >= 0.3 is 6.09 Å². The molecule has 23 heavy (non-hydrogen) atoms. The van der Waals surface area contributed by atoms with Gasteiger partial charge in [0.05, 0.1) is 12.6 Å². The smallest absolute Gasteiger partial charge is 0.408 e. The van der Waals surface area contributed by atoms with E-state index in [1.807, 2.05) is 30.3 Å². The topological polar surface area (TPSA) is 47.6 Å². The van der Waals surface area contributed by atoms with Gasteiger partial charge in [0, 0.05) is 0 Å². The van der Waals surface area contributed by atoms with Crippen LogP contribution < -0.4 is 5.32 Å². The van der Waals surface area contributed by atoms with Crippen molar-refractivity contribution >= 4 is 14.4 Å². The lowest BCUT2D eigenvalue weighted by molar-refractivity contribution is 0.133. The van der Waals surface area contributed by atoms with E-state index in [-0.39, 0.29) is 17.7 Å². The monoisotopic (exact) mass is 335 g/mol. The molecule has 0 saturated carbocycles. The zero-order chi connectivity index (χ0) is 17.5. The number of hydrogen-bond acceptors (Lipinski definition) is 3. The van der Waals surface area contributed by atoms with Crippen LogP contribution in [0.15, 0.2) is 43.0 Å². The van der Waals surface area contributed by atoms with E-state index in [9.17, 15) is 4.79 Å². The number of alkyl carbamates (subject to hydrolysis) is 1. The number of carbonyl (C=O) groups excluding carboxylic acids is 1. The van der Waals surface area contributed by atoms with Crippen LogP contribution in [0, 0.1) is 0 Å². The lowest BCUT2D eigenvalue weighted by Gasteiger charge is -2.37. The Labute approximate surface area is 141 Å². The van der Waals surface area contributed by atoms with E-state index in [2.05, 4.69) is 45.8 Å². The number of nitrogens with one attached hydrogen (secondary N) is 1. The molecule has 0 aliphatic carbocycles. The fraction of sp³-hybridized carbons (Fsp3) is 0.500. The lowest BCUT2D eigenvalue weighted by Crippen LogP contribution is -2.45. The van der Waals surface area contributed by atoms with Crippen LogP contribution in [0.4, 0.5) is 4.79 Å². The summed E-state index contributed by atoms with van der Waals surface area (Å²) in [5, 5.41) is 2.91. The molecular weight excluding hydrogens is 306 g/mol. The molecule has 1 N–H and O–H groups in total. The zero-order valence-corrected chi connectivity index (χ0v) is 15.9. The maximum atomic E-state index is 11.9. The molecule has 1 atom stereocenters. The predicted molar refractivity (Wildman–Crippen MR) is 96.9 cm³/mol. The van der Waals surface area contributed by atoms with E-state index in [0.29, 0.717) is 6.61 Å². The van der Waals surface area contributed by atoms with Gasteiger partial charge in [0.15, 0.2) is 8.32 Å². The van der Waals surface area contributed by atoms with Crippen LogP contribution in [0.3, 0.4) is 0 Å². The summed E-state index contributed by atoms with van der Waals surface area (Å²) in [6.45, 7) is 15.3. The van der Waals surface area contributed by atoms with Gasteiger partial charge in [0.25, 0.3) is 0 Å². The van der Waals surface area contributed by atoms with Crippen molar-refractivity contribution in [2.45, 2.75) is 51.6 Å². The second-order valence-corrected chi connectivity index (χ2v) is 11.9. The molecule has 1 unspecified atom stereocenters. The highest BCUT2D eigenvalue weighted by Crippen LogP contribution is 2.36. The highest BCUT2D eigenvalue weighted by atomic mass is 28.4. The first-order valence-electron chi connectivity index (χ1n) is 7.89. The summed E-state index contributed by atoms with van der Waals surface area (Å²) in [4.78, 5) is 11.9. The molecule has 0 saturated heterocycles. The van der Waals surface area contributed by atoms with Gasteiger partial charge in [-0.05, 0) is 23.7 Å². The van der Waals surface area contributed by atoms with Crippen molar-refractivity contribution in [3.8, 4) is 0 Å². The summed E-state index contributed by atoms with van der Waals surface area (Å²) >= 11 is 0. The van der Waals surface area contributed by atoms with Crippen molar-refractivity contribution in [3.05, 3.63) is 48.6 Å². The molecule has 0 aromatic heterocycles. The average molecular weight is 336 g/mol. The van der Waals surface area contributed by atoms with Gasteiger partial charge in [-0.3, -0.25) is 0 Å². The zero-order valence-electron chi connectivity index (χ0n) is 14.9. The SMILES string of the molecule is C=CC(CO[Si](C)(C)C(C)(C)C)NC(=O)OCc1ccccc1. The summed E-state index contributed by atoms with van der Waals surface area (Å²) in [6.07, 6.45) is 1.22. The molecule has 0 spiro atoms. The second kappa shape index (κ2) is 8.31. The summed E-state index contributed by atoms with van der Waals surface area (Å²) in [7, 11) is -1.85. The average Bonchev–Trinajstić information content (AvgIpc) is 2.49. The Balaban J connectivity index is 2.43. The third-order valence-corrected chi connectivity index (χ3v) is 8.73. The number of ether oxygens (including phenoxy) is 1. The quantitative estimate of drug-likeness (QED) is 0.590. The minimum Gasteiger partial charge on any atom is -0.445 e. The van der Waals surface area contributed by atoms with Gasteiger partial charge in [-0.15, -0.1) is 6.58 Å². The molecule has 0 aliphatic heterocycles. The number of hydrogen-bond donors (Lipinski definition) is 1. The highest BCUT2D eigenvalue weighted by Gasteiger charge is 2.37. The molecular formula is C18H29NO3Si. The fourth-order valence-corrected chi connectivity index (χ4v) is 2.63. The Morgan fingerprint density at radius 3 is 2.43 bits per heavy atom. The molecule has 1 rings (SSSR count). The van der Waals surface area contributed by atoms with E-state index in [0.717, 1.165) is 5.56 Å². The van der Waals surface area contributed by atoms with Crippen molar-refractivity contribution in [2.75, 3.05) is 6.61 Å². The summed E-state index contributed by atoms with van der Waals surface area (Å²) < 4.78 is 11.3. The number of carbonyl (C=O) groups is 1. The van der Waals surface area contributed by atoms with Crippen LogP contribution in [0.25, 0.3) is 0 Å². The van der Waals surface area contributed by atoms with Crippen molar-refractivity contribution in [3.63, 3.8) is 0 Å². The van der Waals surface area contributed by atoms with Crippen LogP contribution in [0.2, 0.25) is 18.1 Å². The Morgan fingerprint density at radius 2 is 1.91 bits per heavy atom. The Morgan fingerprint density at radius 1 is 1.30 bits per heavy atom. The minimum atomic E-state index is -1.85. The largest absolute Gasteiger partial charge is 0.445 e. The summed E-state index contributed by atoms with van der Waals surface area (Å²) in [5.41, 5.74) is 0.954. The number of rotatable bonds is 7. The molecule has 0 fully saturated rings. The Hall–Kier alpha value is -1.59. The van der Waals surface area contributed by atoms with Crippen molar-refractivity contribution < 1.29 is 14.0 Å². The van der Waals surface area contributed by atoms with Gasteiger partial charge in [0.2, 0.25) is 0 Å². The molecule has 1 amide bonds. The van der Waals surface area contributed by atoms with E-state index in [4.69, 9.17) is 9.16 Å². The molecule has 0 aliphatic rings. The molecule has 4 nitrogen and oxygen atoms in total. The Kier molecular flexibility index (Phi) is 7.03. The van der Waals surface area contributed by atoms with Crippen LogP contribution in [0.5, 0.6) is 0 Å². The molecule has 128 valence electrons. The first kappa shape index (κ1) is 19.5. The van der Waals surface area contributed by atoms with Crippen molar-refractivity contribution in [1.29, 1.82) is 0 Å². The van der Waals surface area contributed by atoms with Gasteiger partial charge in [-0.25, -0.2) is 4.79 Å². The molecule has 0 heterocycles. The predicted octanol–water partition coefficient (Wildman–Crippen LogP) is 4.49. The summed E-state index contributed by atoms with van der Waals surface area (Å²) in [5.74, 6) is 0. The van der Waals surface area contributed by atoms with Crippen LogP contribution >= 0.6 is 0 Å². The number of amides is 1. The van der Waals surface area contributed by atoms with Crippen LogP contribution in [-0.4, -0.2) is 27.1 Å². The third-order valence-electron chi connectivity index (χ3n) is 4.23. The molecule has 0 bridgehead atoms. The molecule has 5 heteroatoms. The number of benzene rings is 1. The maximum absolute atomic E-state index is 11.9. The lowest BCUT2D eigenvalue weighted by atomic mass is 10.2. The van der Waals surface area contributed by atoms with Gasteiger partial charge in [-0.2, -0.15) is 0 Å². The van der Waals surface area contributed by atoms with Gasteiger partial charge < -0.3 is 14.5 Å². The van der Waals surface area contributed by atoms with E-state index in [1.54, 1.807) is 6.08 Å². The standard InChI is InChI=1S/C18H29NO3Si/c1-7-16(14-22-23(5,6)18(2,3)4)19-17(20)21-13-15-11-9-8-10-12-15/h7-12,16H,1,13-14H2,2-6H3,(H,19,20). The highest BCUT2D eigenvalue weighted by molar-refractivity contribution is 6.74. The normalized spacial score (nSPS) is 13.3. The van der Waals surface area contributed by atoms with E-state index < -0.39 is 14.4 Å². The van der Waals surface area contributed by atoms with E-state index >= 15 is 0 Å². The van der Waals surface area contributed by atoms with Crippen LogP contribution in [-0.2, 0) is 15.8 Å². The van der Waals surface area contributed by atoms with Gasteiger partial charge in [0.1, 0.15) is 6.61 Å². The molecule has 0 radical (unpaired) electrons. The first-order chi connectivity index (χ1) is 10.7. The molecule has 1 aromatic rings.